The van der Waals surface area contributed by atoms with Crippen molar-refractivity contribution in [2.75, 3.05) is 13.7 Å². The summed E-state index contributed by atoms with van der Waals surface area (Å²) < 4.78 is 9.68. The van der Waals surface area contributed by atoms with Gasteiger partial charge in [0.1, 0.15) is 0 Å². The van der Waals surface area contributed by atoms with E-state index in [0.29, 0.717) is 5.56 Å². The van der Waals surface area contributed by atoms with Gasteiger partial charge in [-0.25, -0.2) is 9.59 Å². The highest BCUT2D eigenvalue weighted by atomic mass is 16.6. The first-order valence-electron chi connectivity index (χ1n) is 7.76. The number of carbonyl (C=O) groups is 2. The van der Waals surface area contributed by atoms with E-state index < -0.39 is 11.9 Å². The standard InChI is InChI=1S/C18H19NO4/c1-11-7-8-15-13(9-11)17(18(21)23-10-16(20)22-2)12-5-3-4-6-14(12)19-15/h7-9H,3-6,10H2,1-2H3. The van der Waals surface area contributed by atoms with Gasteiger partial charge in [-0.05, 0) is 50.3 Å². The fraction of sp³-hybridized carbons (Fsp3) is 0.389. The van der Waals surface area contributed by atoms with Crippen LogP contribution in [0.3, 0.4) is 0 Å². The molecule has 3 rings (SSSR count). The normalized spacial score (nSPS) is 13.5. The zero-order valence-electron chi connectivity index (χ0n) is 13.3. The van der Waals surface area contributed by atoms with E-state index in [-0.39, 0.29) is 6.61 Å². The Kier molecular flexibility index (Phi) is 4.28. The predicted molar refractivity (Wildman–Crippen MR) is 85.4 cm³/mol. The van der Waals surface area contributed by atoms with Crippen LogP contribution in [0.15, 0.2) is 18.2 Å². The third-order valence-electron chi connectivity index (χ3n) is 4.17. The molecular weight excluding hydrogens is 294 g/mol. The number of methoxy groups -OCH3 is 1. The summed E-state index contributed by atoms with van der Waals surface area (Å²) in [6.07, 6.45) is 3.79. The average Bonchev–Trinajstić information content (AvgIpc) is 2.57. The molecule has 2 aromatic rings. The molecular formula is C18H19NO4. The highest BCUT2D eigenvalue weighted by Gasteiger charge is 2.24. The largest absolute Gasteiger partial charge is 0.466 e. The highest BCUT2D eigenvalue weighted by Crippen LogP contribution is 2.30. The number of benzene rings is 1. The molecule has 1 heterocycles. The van der Waals surface area contributed by atoms with E-state index in [2.05, 4.69) is 4.74 Å². The third kappa shape index (κ3) is 3.04. The molecule has 5 heteroatoms. The molecule has 0 radical (unpaired) electrons. The zero-order valence-corrected chi connectivity index (χ0v) is 13.3. The van der Waals surface area contributed by atoms with Crippen molar-refractivity contribution >= 4 is 22.8 Å². The summed E-state index contributed by atoms with van der Waals surface area (Å²) in [6.45, 7) is 1.60. The molecule has 1 aromatic heterocycles. The van der Waals surface area contributed by atoms with Crippen LogP contribution in [0.4, 0.5) is 0 Å². The van der Waals surface area contributed by atoms with E-state index in [9.17, 15) is 9.59 Å². The molecule has 0 amide bonds. The van der Waals surface area contributed by atoms with Crippen LogP contribution in [0.5, 0.6) is 0 Å². The summed E-state index contributed by atoms with van der Waals surface area (Å²) in [4.78, 5) is 28.6. The van der Waals surface area contributed by atoms with Crippen LogP contribution in [-0.2, 0) is 27.1 Å². The van der Waals surface area contributed by atoms with Crippen molar-refractivity contribution in [2.24, 2.45) is 0 Å². The molecule has 5 nitrogen and oxygen atoms in total. The Hall–Kier alpha value is -2.43. The van der Waals surface area contributed by atoms with Gasteiger partial charge in [-0.15, -0.1) is 0 Å². The van der Waals surface area contributed by atoms with E-state index in [1.807, 2.05) is 25.1 Å². The number of ether oxygens (including phenoxy) is 2. The van der Waals surface area contributed by atoms with Gasteiger partial charge in [0.05, 0.1) is 18.2 Å². The van der Waals surface area contributed by atoms with Gasteiger partial charge in [-0.2, -0.15) is 0 Å². The molecule has 1 aliphatic carbocycles. The number of hydrogen-bond donors (Lipinski definition) is 0. The van der Waals surface area contributed by atoms with Crippen molar-refractivity contribution in [1.82, 2.24) is 4.98 Å². The van der Waals surface area contributed by atoms with Crippen molar-refractivity contribution in [2.45, 2.75) is 32.6 Å². The van der Waals surface area contributed by atoms with Gasteiger partial charge in [0.15, 0.2) is 6.61 Å². The number of nitrogens with zero attached hydrogens (tertiary/aromatic N) is 1. The number of rotatable bonds is 3. The van der Waals surface area contributed by atoms with Crippen molar-refractivity contribution in [3.63, 3.8) is 0 Å². The van der Waals surface area contributed by atoms with Gasteiger partial charge in [-0.3, -0.25) is 4.98 Å². The Morgan fingerprint density at radius 1 is 1.22 bits per heavy atom. The summed E-state index contributed by atoms with van der Waals surface area (Å²) >= 11 is 0. The maximum atomic E-state index is 12.6. The number of aromatic nitrogens is 1. The van der Waals surface area contributed by atoms with E-state index in [1.165, 1.54) is 7.11 Å². The number of fused-ring (bicyclic) bond motifs is 2. The fourth-order valence-corrected chi connectivity index (χ4v) is 3.03. The Bertz CT molecular complexity index is 782. The summed E-state index contributed by atoms with van der Waals surface area (Å²) in [5.41, 5.74) is 4.33. The van der Waals surface area contributed by atoms with Crippen molar-refractivity contribution in [3.05, 3.63) is 40.6 Å². The first kappa shape index (κ1) is 15.5. The molecule has 1 aromatic carbocycles. The molecule has 0 spiro atoms. The van der Waals surface area contributed by atoms with Crippen LogP contribution in [0, 0.1) is 6.92 Å². The average molecular weight is 313 g/mol. The lowest BCUT2D eigenvalue weighted by Gasteiger charge is -2.20. The second-order valence-electron chi connectivity index (χ2n) is 5.79. The molecule has 0 aliphatic heterocycles. The van der Waals surface area contributed by atoms with Crippen LogP contribution in [0.25, 0.3) is 10.9 Å². The van der Waals surface area contributed by atoms with Crippen LogP contribution < -0.4 is 0 Å². The van der Waals surface area contributed by atoms with Gasteiger partial charge in [0.2, 0.25) is 0 Å². The smallest absolute Gasteiger partial charge is 0.344 e. The molecule has 0 saturated carbocycles. The minimum Gasteiger partial charge on any atom is -0.466 e. The van der Waals surface area contributed by atoms with E-state index >= 15 is 0 Å². The Morgan fingerprint density at radius 3 is 2.78 bits per heavy atom. The lowest BCUT2D eigenvalue weighted by atomic mass is 9.89. The van der Waals surface area contributed by atoms with Gasteiger partial charge >= 0.3 is 11.9 Å². The number of pyridine rings is 1. The topological polar surface area (TPSA) is 65.5 Å². The summed E-state index contributed by atoms with van der Waals surface area (Å²) in [5, 5.41) is 0.792. The monoisotopic (exact) mass is 313 g/mol. The zero-order chi connectivity index (χ0) is 16.4. The molecule has 0 N–H and O–H groups in total. The molecule has 23 heavy (non-hydrogen) atoms. The van der Waals surface area contributed by atoms with Crippen molar-refractivity contribution < 1.29 is 19.1 Å². The molecule has 0 fully saturated rings. The molecule has 120 valence electrons. The number of hydrogen-bond acceptors (Lipinski definition) is 5. The lowest BCUT2D eigenvalue weighted by Crippen LogP contribution is -2.19. The molecule has 0 atom stereocenters. The van der Waals surface area contributed by atoms with Crippen LogP contribution in [0.2, 0.25) is 0 Å². The highest BCUT2D eigenvalue weighted by molar-refractivity contribution is 6.05. The minimum absolute atomic E-state index is 0.375. The number of aryl methyl sites for hydroxylation is 2. The third-order valence-corrected chi connectivity index (χ3v) is 4.17. The second kappa shape index (κ2) is 6.36. The SMILES string of the molecule is COC(=O)COC(=O)c1c2c(nc3ccc(C)cc13)CCCC2. The van der Waals surface area contributed by atoms with Crippen LogP contribution in [-0.4, -0.2) is 30.6 Å². The quantitative estimate of drug-likeness (QED) is 0.815. The van der Waals surface area contributed by atoms with Crippen LogP contribution >= 0.6 is 0 Å². The van der Waals surface area contributed by atoms with Gasteiger partial charge < -0.3 is 9.47 Å². The first-order chi connectivity index (χ1) is 11.1. The van der Waals surface area contributed by atoms with Gasteiger partial charge in [0, 0.05) is 11.1 Å². The summed E-state index contributed by atoms with van der Waals surface area (Å²) in [6, 6.07) is 5.86. The van der Waals surface area contributed by atoms with Gasteiger partial charge in [-0.1, -0.05) is 11.6 Å². The molecule has 0 bridgehead atoms. The number of esters is 2. The lowest BCUT2D eigenvalue weighted by molar-refractivity contribution is -0.144. The predicted octanol–water partition coefficient (Wildman–Crippen LogP) is 2.75. The minimum atomic E-state index is -0.568. The van der Waals surface area contributed by atoms with Crippen molar-refractivity contribution in [1.29, 1.82) is 0 Å². The number of carbonyl (C=O) groups excluding carboxylic acids is 2. The Balaban J connectivity index is 2.10. The maximum Gasteiger partial charge on any atom is 0.344 e. The summed E-state index contributed by atoms with van der Waals surface area (Å²) in [7, 11) is 1.27. The maximum absolute atomic E-state index is 12.6. The summed E-state index contributed by atoms with van der Waals surface area (Å²) in [5.74, 6) is -1.05. The van der Waals surface area contributed by atoms with Crippen molar-refractivity contribution in [3.8, 4) is 0 Å². The van der Waals surface area contributed by atoms with E-state index in [4.69, 9.17) is 9.72 Å². The first-order valence-corrected chi connectivity index (χ1v) is 7.76. The van der Waals surface area contributed by atoms with Crippen LogP contribution in [0.1, 0.15) is 40.0 Å². The fourth-order valence-electron chi connectivity index (χ4n) is 3.03. The Labute approximate surface area is 134 Å². The van der Waals surface area contributed by atoms with E-state index in [0.717, 1.165) is 53.4 Å². The Morgan fingerprint density at radius 2 is 2.00 bits per heavy atom. The molecule has 0 saturated heterocycles. The molecule has 1 aliphatic rings. The van der Waals surface area contributed by atoms with E-state index in [1.54, 1.807) is 0 Å². The molecule has 0 unspecified atom stereocenters. The van der Waals surface area contributed by atoms with Gasteiger partial charge in [0.25, 0.3) is 0 Å². The second-order valence-corrected chi connectivity index (χ2v) is 5.79.